The molecule has 102 valence electrons. The van der Waals surface area contributed by atoms with Gasteiger partial charge in [0.2, 0.25) is 0 Å². The fourth-order valence-corrected chi connectivity index (χ4v) is 3.84. The van der Waals surface area contributed by atoms with Gasteiger partial charge in [0, 0.05) is 11.5 Å². The van der Waals surface area contributed by atoms with Crippen molar-refractivity contribution in [1.82, 2.24) is 0 Å². The van der Waals surface area contributed by atoms with Crippen LogP contribution in [0.5, 0.6) is 5.75 Å². The van der Waals surface area contributed by atoms with Gasteiger partial charge in [-0.3, -0.25) is 4.79 Å². The van der Waals surface area contributed by atoms with Gasteiger partial charge in [-0.25, -0.2) is 0 Å². The lowest BCUT2D eigenvalue weighted by atomic mass is 9.97. The van der Waals surface area contributed by atoms with Gasteiger partial charge in [-0.2, -0.15) is 0 Å². The van der Waals surface area contributed by atoms with Gasteiger partial charge < -0.3 is 4.74 Å². The van der Waals surface area contributed by atoms with Crippen molar-refractivity contribution in [3.05, 3.63) is 28.8 Å². The van der Waals surface area contributed by atoms with E-state index in [-0.39, 0.29) is 0 Å². The molecule has 0 saturated heterocycles. The summed E-state index contributed by atoms with van der Waals surface area (Å²) in [7, 11) is 1.68. The van der Waals surface area contributed by atoms with E-state index in [0.29, 0.717) is 23.5 Å². The number of ketones is 1. The first-order chi connectivity index (χ1) is 9.13. The quantitative estimate of drug-likeness (QED) is 0.768. The van der Waals surface area contributed by atoms with Crippen LogP contribution in [-0.4, -0.2) is 12.9 Å². The fourth-order valence-electron chi connectivity index (χ4n) is 3.84. The van der Waals surface area contributed by atoms with Crippen molar-refractivity contribution in [3.8, 4) is 5.75 Å². The molecule has 2 nitrogen and oxygen atoms in total. The number of hydrogen-bond acceptors (Lipinski definition) is 2. The molecule has 2 atom stereocenters. The Labute approximate surface area is 115 Å². The third-order valence-corrected chi connectivity index (χ3v) is 4.97. The topological polar surface area (TPSA) is 26.3 Å². The van der Waals surface area contributed by atoms with Crippen LogP contribution >= 0.6 is 0 Å². The summed E-state index contributed by atoms with van der Waals surface area (Å²) < 4.78 is 5.32. The molecule has 0 heterocycles. The van der Waals surface area contributed by atoms with Crippen molar-refractivity contribution < 1.29 is 9.53 Å². The van der Waals surface area contributed by atoms with Gasteiger partial charge in [0.15, 0.2) is 5.78 Å². The predicted octanol–water partition coefficient (Wildman–Crippen LogP) is 3.93. The highest BCUT2D eigenvalue weighted by Crippen LogP contribution is 2.56. The number of fused-ring (bicyclic) bond motifs is 1. The standard InChI is InChI=1S/C17H22O2/c1-10-9-15(19-3)11(2)8-14(10)17(18)16-12-6-4-5-7-13(12)16/h8-9,12-13,16H,4-7H2,1-3H3. The third kappa shape index (κ3) is 2.07. The maximum Gasteiger partial charge on any atom is 0.166 e. The summed E-state index contributed by atoms with van der Waals surface area (Å²) >= 11 is 0. The molecule has 0 aromatic heterocycles. The molecule has 0 amide bonds. The smallest absolute Gasteiger partial charge is 0.166 e. The van der Waals surface area contributed by atoms with Crippen LogP contribution < -0.4 is 4.74 Å². The van der Waals surface area contributed by atoms with Crippen LogP contribution in [0.1, 0.15) is 47.2 Å². The van der Waals surface area contributed by atoms with Crippen molar-refractivity contribution in [2.45, 2.75) is 39.5 Å². The molecule has 1 aromatic rings. The molecule has 0 N–H and O–H groups in total. The first-order valence-electron chi connectivity index (χ1n) is 7.33. The van der Waals surface area contributed by atoms with Crippen LogP contribution in [0, 0.1) is 31.6 Å². The Hall–Kier alpha value is -1.31. The Kier molecular flexibility index (Phi) is 3.12. The van der Waals surface area contributed by atoms with E-state index in [1.165, 1.54) is 25.7 Å². The summed E-state index contributed by atoms with van der Waals surface area (Å²) in [4.78, 5) is 12.7. The Morgan fingerprint density at radius 3 is 2.32 bits per heavy atom. The molecule has 2 saturated carbocycles. The minimum absolute atomic E-state index is 0.314. The van der Waals surface area contributed by atoms with Crippen molar-refractivity contribution in [3.63, 3.8) is 0 Å². The molecule has 0 spiro atoms. The molecule has 3 rings (SSSR count). The minimum Gasteiger partial charge on any atom is -0.496 e. The number of ether oxygens (including phenoxy) is 1. The zero-order valence-corrected chi connectivity index (χ0v) is 12.0. The molecule has 19 heavy (non-hydrogen) atoms. The van der Waals surface area contributed by atoms with Crippen LogP contribution in [0.4, 0.5) is 0 Å². The van der Waals surface area contributed by atoms with Crippen LogP contribution in [0.25, 0.3) is 0 Å². The number of methoxy groups -OCH3 is 1. The molecule has 0 aliphatic heterocycles. The second kappa shape index (κ2) is 4.66. The van der Waals surface area contributed by atoms with E-state index < -0.39 is 0 Å². The monoisotopic (exact) mass is 258 g/mol. The molecule has 2 aliphatic rings. The Morgan fingerprint density at radius 1 is 1.11 bits per heavy atom. The average Bonchev–Trinajstić information content (AvgIpc) is 3.14. The number of rotatable bonds is 3. The van der Waals surface area contributed by atoms with Crippen molar-refractivity contribution in [2.75, 3.05) is 7.11 Å². The minimum atomic E-state index is 0.314. The lowest BCUT2D eigenvalue weighted by Gasteiger charge is -2.10. The third-order valence-electron chi connectivity index (χ3n) is 4.97. The van der Waals surface area contributed by atoms with E-state index in [9.17, 15) is 4.79 Å². The van der Waals surface area contributed by atoms with Crippen molar-refractivity contribution >= 4 is 5.78 Å². The second-order valence-electron chi connectivity index (χ2n) is 6.14. The summed E-state index contributed by atoms with van der Waals surface area (Å²) in [6.07, 6.45) is 5.14. The highest BCUT2D eigenvalue weighted by Gasteiger charge is 2.54. The Bertz CT molecular complexity index is 506. The van der Waals surface area contributed by atoms with Crippen LogP contribution in [0.2, 0.25) is 0 Å². The summed E-state index contributed by atoms with van der Waals surface area (Å²) in [6, 6.07) is 4.01. The van der Waals surface area contributed by atoms with Crippen LogP contribution in [0.15, 0.2) is 12.1 Å². The van der Waals surface area contributed by atoms with Gasteiger partial charge in [-0.15, -0.1) is 0 Å². The molecular formula is C17H22O2. The maximum absolute atomic E-state index is 12.7. The van der Waals surface area contributed by atoms with E-state index in [0.717, 1.165) is 22.4 Å². The summed E-state index contributed by atoms with van der Waals surface area (Å²) in [6.45, 7) is 4.02. The van der Waals surface area contributed by atoms with E-state index in [1.54, 1.807) is 7.11 Å². The second-order valence-corrected chi connectivity index (χ2v) is 6.14. The van der Waals surface area contributed by atoms with E-state index in [4.69, 9.17) is 4.74 Å². The summed E-state index contributed by atoms with van der Waals surface area (Å²) in [5, 5.41) is 0. The lowest BCUT2D eigenvalue weighted by Crippen LogP contribution is -2.07. The molecule has 2 fully saturated rings. The Balaban J connectivity index is 1.86. The number of benzene rings is 1. The van der Waals surface area contributed by atoms with Gasteiger partial charge >= 0.3 is 0 Å². The molecule has 2 heteroatoms. The highest BCUT2D eigenvalue weighted by molar-refractivity contribution is 6.01. The van der Waals surface area contributed by atoms with Crippen molar-refractivity contribution in [1.29, 1.82) is 0 Å². The zero-order valence-electron chi connectivity index (χ0n) is 12.0. The highest BCUT2D eigenvalue weighted by atomic mass is 16.5. The van der Waals surface area contributed by atoms with Gasteiger partial charge in [0.05, 0.1) is 7.11 Å². The number of carbonyl (C=O) groups excluding carboxylic acids is 1. The Morgan fingerprint density at radius 2 is 1.74 bits per heavy atom. The van der Waals surface area contributed by atoms with Crippen LogP contribution in [-0.2, 0) is 0 Å². The van der Waals surface area contributed by atoms with Gasteiger partial charge in [-0.1, -0.05) is 12.8 Å². The average molecular weight is 258 g/mol. The van der Waals surface area contributed by atoms with Gasteiger partial charge in [-0.05, 0) is 61.8 Å². The van der Waals surface area contributed by atoms with Gasteiger partial charge in [0.25, 0.3) is 0 Å². The van der Waals surface area contributed by atoms with Gasteiger partial charge in [0.1, 0.15) is 5.75 Å². The molecular weight excluding hydrogens is 236 g/mol. The molecule has 2 aliphatic carbocycles. The SMILES string of the molecule is COc1cc(C)c(C(=O)C2C3CCCCC32)cc1C. The largest absolute Gasteiger partial charge is 0.496 e. The van der Waals surface area contributed by atoms with E-state index in [2.05, 4.69) is 0 Å². The van der Waals surface area contributed by atoms with Crippen LogP contribution in [0.3, 0.4) is 0 Å². The van der Waals surface area contributed by atoms with E-state index in [1.807, 2.05) is 26.0 Å². The van der Waals surface area contributed by atoms with E-state index >= 15 is 0 Å². The molecule has 0 radical (unpaired) electrons. The first kappa shape index (κ1) is 12.7. The number of aryl methyl sites for hydroxylation is 2. The predicted molar refractivity (Wildman–Crippen MR) is 75.7 cm³/mol. The first-order valence-corrected chi connectivity index (χ1v) is 7.33. The summed E-state index contributed by atoms with van der Waals surface area (Å²) in [5.74, 6) is 2.93. The number of Topliss-reactive ketones (excluding diaryl/α,β-unsaturated/α-hetero) is 1. The lowest BCUT2D eigenvalue weighted by molar-refractivity contribution is 0.0955. The number of hydrogen-bond donors (Lipinski definition) is 0. The maximum atomic E-state index is 12.7. The molecule has 0 bridgehead atoms. The zero-order chi connectivity index (χ0) is 13.6. The summed E-state index contributed by atoms with van der Waals surface area (Å²) in [5.41, 5.74) is 3.02. The van der Waals surface area contributed by atoms with Crippen molar-refractivity contribution in [2.24, 2.45) is 17.8 Å². The number of carbonyl (C=O) groups is 1. The normalized spacial score (nSPS) is 28.7. The molecule has 1 aromatic carbocycles. The fraction of sp³-hybridized carbons (Fsp3) is 0.588. The molecule has 2 unspecified atom stereocenters.